The number of nitrogens with zero attached hydrogens (tertiary/aromatic N) is 1. The van der Waals surface area contributed by atoms with E-state index in [1.807, 2.05) is 0 Å². The average molecular weight is 244 g/mol. The van der Waals surface area contributed by atoms with Crippen LogP contribution in [-0.2, 0) is 11.8 Å². The minimum Gasteiger partial charge on any atom is -0.361 e. The second kappa shape index (κ2) is 3.45. The van der Waals surface area contributed by atoms with E-state index in [9.17, 15) is 0 Å². The third-order valence-electron chi connectivity index (χ3n) is 2.79. The Morgan fingerprint density at radius 1 is 1.54 bits per heavy atom. The molecule has 1 heterocycles. The van der Waals surface area contributed by atoms with Gasteiger partial charge in [0.25, 0.3) is 0 Å². The van der Waals surface area contributed by atoms with Crippen LogP contribution in [0.15, 0.2) is 4.52 Å². The maximum atomic E-state index is 5.34. The highest BCUT2D eigenvalue weighted by Gasteiger charge is 2.28. The first-order chi connectivity index (χ1) is 6.22. The molecule has 2 atom stereocenters. The van der Waals surface area contributed by atoms with Crippen LogP contribution in [0.2, 0.25) is 0 Å². The highest BCUT2D eigenvalue weighted by molar-refractivity contribution is 9.08. The zero-order valence-corrected chi connectivity index (χ0v) is 9.60. The summed E-state index contributed by atoms with van der Waals surface area (Å²) in [6.07, 6.45) is 2.31. The number of hydrogen-bond donors (Lipinski definition) is 0. The van der Waals surface area contributed by atoms with Crippen molar-refractivity contribution in [1.82, 2.24) is 5.16 Å². The highest BCUT2D eigenvalue weighted by atomic mass is 79.9. The second-order valence-electron chi connectivity index (χ2n) is 4.05. The third kappa shape index (κ3) is 1.54. The predicted molar refractivity (Wildman–Crippen MR) is 55.0 cm³/mol. The number of rotatable bonds is 1. The van der Waals surface area contributed by atoms with Crippen molar-refractivity contribution in [2.75, 3.05) is 0 Å². The molecular weight excluding hydrogens is 230 g/mol. The van der Waals surface area contributed by atoms with E-state index in [1.165, 1.54) is 12.0 Å². The van der Waals surface area contributed by atoms with Crippen molar-refractivity contribution in [1.29, 1.82) is 0 Å². The van der Waals surface area contributed by atoms with Gasteiger partial charge in [-0.25, -0.2) is 0 Å². The van der Waals surface area contributed by atoms with Crippen molar-refractivity contribution in [2.24, 2.45) is 5.92 Å². The smallest absolute Gasteiger partial charge is 0.140 e. The van der Waals surface area contributed by atoms with Gasteiger partial charge in [0, 0.05) is 17.3 Å². The predicted octanol–water partition coefficient (Wildman–Crippen LogP) is 3.26. The summed E-state index contributed by atoms with van der Waals surface area (Å²) >= 11 is 3.44. The van der Waals surface area contributed by atoms with Gasteiger partial charge in [-0.2, -0.15) is 0 Å². The van der Waals surface area contributed by atoms with Crippen LogP contribution in [0.1, 0.15) is 43.2 Å². The molecule has 1 aromatic heterocycles. The van der Waals surface area contributed by atoms with Crippen molar-refractivity contribution >= 4 is 15.9 Å². The van der Waals surface area contributed by atoms with Gasteiger partial charge >= 0.3 is 0 Å². The van der Waals surface area contributed by atoms with Crippen molar-refractivity contribution < 1.29 is 4.52 Å². The fourth-order valence-corrected chi connectivity index (χ4v) is 2.70. The van der Waals surface area contributed by atoms with Crippen LogP contribution in [0.4, 0.5) is 0 Å². The van der Waals surface area contributed by atoms with E-state index in [2.05, 4.69) is 34.9 Å². The van der Waals surface area contributed by atoms with Crippen LogP contribution in [-0.4, -0.2) is 5.16 Å². The van der Waals surface area contributed by atoms with Crippen molar-refractivity contribution in [2.45, 2.75) is 37.9 Å². The summed E-state index contributed by atoms with van der Waals surface area (Å²) in [7, 11) is 0. The molecule has 0 fully saturated rings. The van der Waals surface area contributed by atoms with Gasteiger partial charge in [-0.15, -0.1) is 0 Å². The molecule has 13 heavy (non-hydrogen) atoms. The quantitative estimate of drug-likeness (QED) is 0.708. The average Bonchev–Trinajstić information content (AvgIpc) is 2.47. The molecule has 0 N–H and O–H groups in total. The second-order valence-corrected chi connectivity index (χ2v) is 4.61. The normalized spacial score (nSPS) is 27.3. The summed E-state index contributed by atoms with van der Waals surface area (Å²) < 4.78 is 5.34. The molecule has 0 amide bonds. The molecule has 1 aliphatic carbocycles. The molecule has 0 saturated heterocycles. The van der Waals surface area contributed by atoms with E-state index < -0.39 is 0 Å². The lowest BCUT2D eigenvalue weighted by molar-refractivity contribution is 0.333. The molecule has 2 rings (SSSR count). The van der Waals surface area contributed by atoms with Gasteiger partial charge in [0.1, 0.15) is 5.76 Å². The minimum absolute atomic E-state index is 0.609. The van der Waals surface area contributed by atoms with Gasteiger partial charge in [0.05, 0.1) is 5.69 Å². The first-order valence-electron chi connectivity index (χ1n) is 4.75. The van der Waals surface area contributed by atoms with Gasteiger partial charge in [-0.05, 0) is 18.3 Å². The van der Waals surface area contributed by atoms with Crippen LogP contribution in [0.5, 0.6) is 0 Å². The molecule has 72 valence electrons. The molecule has 3 heteroatoms. The Bertz CT molecular complexity index is 308. The molecule has 2 unspecified atom stereocenters. The molecule has 0 aliphatic heterocycles. The van der Waals surface area contributed by atoms with Crippen LogP contribution in [0.25, 0.3) is 0 Å². The maximum Gasteiger partial charge on any atom is 0.140 e. The van der Waals surface area contributed by atoms with E-state index in [0.29, 0.717) is 5.92 Å². The van der Waals surface area contributed by atoms with Gasteiger partial charge < -0.3 is 4.52 Å². The fourth-order valence-electron chi connectivity index (χ4n) is 2.29. The first-order valence-corrected chi connectivity index (χ1v) is 5.87. The summed E-state index contributed by atoms with van der Waals surface area (Å²) in [4.78, 5) is 0. The van der Waals surface area contributed by atoms with Crippen molar-refractivity contribution in [3.63, 3.8) is 0 Å². The summed E-state index contributed by atoms with van der Waals surface area (Å²) in [6.45, 7) is 4.54. The van der Waals surface area contributed by atoms with Gasteiger partial charge in [-0.3, -0.25) is 0 Å². The number of halogens is 1. The topological polar surface area (TPSA) is 26.0 Å². The van der Waals surface area contributed by atoms with Gasteiger partial charge in [0.2, 0.25) is 0 Å². The first kappa shape index (κ1) is 9.25. The number of hydrogen-bond acceptors (Lipinski definition) is 2. The number of alkyl halides is 1. The van der Waals surface area contributed by atoms with Crippen LogP contribution in [0.3, 0.4) is 0 Å². The summed E-state index contributed by atoms with van der Waals surface area (Å²) in [5.41, 5.74) is 2.45. The molecule has 1 aromatic rings. The molecule has 0 spiro atoms. The van der Waals surface area contributed by atoms with Crippen LogP contribution < -0.4 is 0 Å². The lowest BCUT2D eigenvalue weighted by atomic mass is 9.81. The van der Waals surface area contributed by atoms with Crippen molar-refractivity contribution in [3.8, 4) is 0 Å². The fraction of sp³-hybridized carbons (Fsp3) is 0.700. The Balaban J connectivity index is 2.40. The SMILES string of the molecule is CC1Cc2onc(CBr)c2C(C)C1. The molecule has 0 aromatic carbocycles. The van der Waals surface area contributed by atoms with Crippen LogP contribution >= 0.6 is 15.9 Å². The molecular formula is C10H14BrNO. The summed E-state index contributed by atoms with van der Waals surface area (Å²) in [5, 5.41) is 4.89. The Labute approximate surface area is 86.8 Å². The Hall–Kier alpha value is -0.310. The Morgan fingerprint density at radius 2 is 2.31 bits per heavy atom. The van der Waals surface area contributed by atoms with Gasteiger partial charge in [0.15, 0.2) is 0 Å². The standard InChI is InChI=1S/C10H14BrNO/c1-6-3-7(2)10-8(5-11)12-13-9(10)4-6/h6-7H,3-5H2,1-2H3. The number of fused-ring (bicyclic) bond motifs is 1. The maximum absolute atomic E-state index is 5.34. The molecule has 0 bridgehead atoms. The number of aromatic nitrogens is 1. The molecule has 2 nitrogen and oxygen atoms in total. The van der Waals surface area contributed by atoms with Gasteiger partial charge in [-0.1, -0.05) is 34.9 Å². The zero-order valence-electron chi connectivity index (χ0n) is 8.01. The van der Waals surface area contributed by atoms with E-state index in [1.54, 1.807) is 0 Å². The zero-order chi connectivity index (χ0) is 9.42. The largest absolute Gasteiger partial charge is 0.361 e. The van der Waals surface area contributed by atoms with Crippen molar-refractivity contribution in [3.05, 3.63) is 17.0 Å². The lowest BCUT2D eigenvalue weighted by Crippen LogP contribution is -2.13. The Kier molecular flexibility index (Phi) is 2.45. The minimum atomic E-state index is 0.609. The van der Waals surface area contributed by atoms with E-state index in [0.717, 1.165) is 29.1 Å². The van der Waals surface area contributed by atoms with E-state index in [4.69, 9.17) is 4.52 Å². The summed E-state index contributed by atoms with van der Waals surface area (Å²) in [6, 6.07) is 0. The van der Waals surface area contributed by atoms with Crippen LogP contribution in [0, 0.1) is 5.92 Å². The third-order valence-corrected chi connectivity index (χ3v) is 3.32. The lowest BCUT2D eigenvalue weighted by Gasteiger charge is -2.22. The monoisotopic (exact) mass is 243 g/mol. The summed E-state index contributed by atoms with van der Waals surface area (Å²) in [5.74, 6) is 2.46. The molecule has 1 aliphatic rings. The van der Waals surface area contributed by atoms with E-state index >= 15 is 0 Å². The molecule has 0 saturated carbocycles. The Morgan fingerprint density at radius 3 is 3.00 bits per heavy atom. The van der Waals surface area contributed by atoms with E-state index in [-0.39, 0.29) is 0 Å². The molecule has 0 radical (unpaired) electrons. The highest BCUT2D eigenvalue weighted by Crippen LogP contribution is 2.36.